The van der Waals surface area contributed by atoms with Crippen LogP contribution < -0.4 is 5.32 Å². The fourth-order valence-corrected chi connectivity index (χ4v) is 2.90. The van der Waals surface area contributed by atoms with Crippen molar-refractivity contribution in [3.05, 3.63) is 45.7 Å². The van der Waals surface area contributed by atoms with Crippen molar-refractivity contribution in [2.24, 2.45) is 0 Å². The van der Waals surface area contributed by atoms with Crippen LogP contribution in [0.1, 0.15) is 53.4 Å². The van der Waals surface area contributed by atoms with Gasteiger partial charge in [0.05, 0.1) is 5.69 Å². The zero-order valence-corrected chi connectivity index (χ0v) is 13.7. The highest BCUT2D eigenvalue weighted by Gasteiger charge is 2.16. The summed E-state index contributed by atoms with van der Waals surface area (Å²) < 4.78 is 0. The van der Waals surface area contributed by atoms with Crippen LogP contribution in [0.4, 0.5) is 0 Å². The van der Waals surface area contributed by atoms with Gasteiger partial charge in [-0.2, -0.15) is 0 Å². The molecule has 2 rings (SSSR count). The number of hydrogen-bond acceptors (Lipinski definition) is 4. The molecule has 0 spiro atoms. The van der Waals surface area contributed by atoms with E-state index in [1.807, 2.05) is 31.4 Å². The maximum atomic E-state index is 12.2. The fraction of sp³-hybridized carbons (Fsp3) is 0.438. The molecule has 2 aromatic heterocycles. The summed E-state index contributed by atoms with van der Waals surface area (Å²) in [6, 6.07) is 3.98. The Kier molecular flexibility index (Phi) is 5.07. The first-order valence-corrected chi connectivity index (χ1v) is 8.02. The Morgan fingerprint density at radius 2 is 2.14 bits per heavy atom. The van der Waals surface area contributed by atoms with E-state index in [1.165, 1.54) is 11.3 Å². The van der Waals surface area contributed by atoms with E-state index >= 15 is 0 Å². The van der Waals surface area contributed by atoms with Crippen LogP contribution in [0.15, 0.2) is 23.7 Å². The van der Waals surface area contributed by atoms with Gasteiger partial charge in [-0.25, -0.2) is 4.98 Å². The molecule has 1 N–H and O–H groups in total. The van der Waals surface area contributed by atoms with E-state index in [9.17, 15) is 4.79 Å². The van der Waals surface area contributed by atoms with Gasteiger partial charge in [0, 0.05) is 29.7 Å². The Bertz CT molecular complexity index is 621. The SMILES string of the molecule is Cc1cccnc1CC(C)NC(=O)c1nc(C(C)C)cs1. The monoisotopic (exact) mass is 303 g/mol. The third-order valence-corrected chi connectivity index (χ3v) is 4.16. The van der Waals surface area contributed by atoms with Crippen LogP contribution in [0.5, 0.6) is 0 Å². The van der Waals surface area contributed by atoms with Crippen LogP contribution >= 0.6 is 11.3 Å². The molecule has 1 amide bonds. The van der Waals surface area contributed by atoms with Crippen molar-refractivity contribution in [2.45, 2.75) is 46.1 Å². The smallest absolute Gasteiger partial charge is 0.280 e. The van der Waals surface area contributed by atoms with Crippen molar-refractivity contribution in [3.63, 3.8) is 0 Å². The Balaban J connectivity index is 1.97. The highest BCUT2D eigenvalue weighted by Crippen LogP contribution is 2.17. The maximum Gasteiger partial charge on any atom is 0.280 e. The van der Waals surface area contributed by atoms with Crippen LogP contribution in [0.25, 0.3) is 0 Å². The van der Waals surface area contributed by atoms with Crippen molar-refractivity contribution in [1.29, 1.82) is 0 Å². The second-order valence-electron chi connectivity index (χ2n) is 5.58. The van der Waals surface area contributed by atoms with Crippen LogP contribution in [-0.4, -0.2) is 21.9 Å². The van der Waals surface area contributed by atoms with Crippen molar-refractivity contribution >= 4 is 17.2 Å². The van der Waals surface area contributed by atoms with Crippen LogP contribution in [0.2, 0.25) is 0 Å². The highest BCUT2D eigenvalue weighted by atomic mass is 32.1. The Hall–Kier alpha value is -1.75. The van der Waals surface area contributed by atoms with Gasteiger partial charge in [-0.15, -0.1) is 11.3 Å². The van der Waals surface area contributed by atoms with E-state index in [1.54, 1.807) is 6.20 Å². The second kappa shape index (κ2) is 6.80. The number of carbonyl (C=O) groups is 1. The van der Waals surface area contributed by atoms with Crippen LogP contribution in [0.3, 0.4) is 0 Å². The lowest BCUT2D eigenvalue weighted by molar-refractivity contribution is 0.0939. The minimum atomic E-state index is -0.104. The van der Waals surface area contributed by atoms with Gasteiger partial charge in [-0.3, -0.25) is 9.78 Å². The topological polar surface area (TPSA) is 54.9 Å². The quantitative estimate of drug-likeness (QED) is 0.921. The third kappa shape index (κ3) is 4.11. The van der Waals surface area contributed by atoms with E-state index in [2.05, 4.69) is 29.1 Å². The minimum Gasteiger partial charge on any atom is -0.347 e. The van der Waals surface area contributed by atoms with E-state index in [0.717, 1.165) is 23.4 Å². The van der Waals surface area contributed by atoms with Gasteiger partial charge in [-0.05, 0) is 31.4 Å². The lowest BCUT2D eigenvalue weighted by Gasteiger charge is -2.13. The van der Waals surface area contributed by atoms with Crippen LogP contribution in [-0.2, 0) is 6.42 Å². The average molecular weight is 303 g/mol. The number of aryl methyl sites for hydroxylation is 1. The lowest BCUT2D eigenvalue weighted by atomic mass is 10.1. The third-order valence-electron chi connectivity index (χ3n) is 3.30. The Morgan fingerprint density at radius 1 is 1.38 bits per heavy atom. The molecule has 2 heterocycles. The summed E-state index contributed by atoms with van der Waals surface area (Å²) in [4.78, 5) is 20.9. The molecule has 112 valence electrons. The molecule has 1 atom stereocenters. The molecule has 0 aliphatic rings. The van der Waals surface area contributed by atoms with Gasteiger partial charge in [0.2, 0.25) is 0 Å². The molecule has 2 aromatic rings. The molecule has 21 heavy (non-hydrogen) atoms. The standard InChI is InChI=1S/C16H21N3OS/c1-10(2)14-9-21-16(19-14)15(20)18-12(4)8-13-11(3)6-5-7-17-13/h5-7,9-10,12H,8H2,1-4H3,(H,18,20). The van der Waals surface area contributed by atoms with Crippen molar-refractivity contribution in [3.8, 4) is 0 Å². The summed E-state index contributed by atoms with van der Waals surface area (Å²) in [5, 5.41) is 5.48. The number of thiazole rings is 1. The number of rotatable bonds is 5. The maximum absolute atomic E-state index is 12.2. The number of pyridine rings is 1. The predicted octanol–water partition coefficient (Wildman–Crippen LogP) is 3.33. The molecular weight excluding hydrogens is 282 g/mol. The van der Waals surface area contributed by atoms with Crippen molar-refractivity contribution in [2.75, 3.05) is 0 Å². The molecule has 1 unspecified atom stereocenters. The molecule has 0 saturated carbocycles. The number of hydrogen-bond donors (Lipinski definition) is 1. The average Bonchev–Trinajstić information content (AvgIpc) is 2.91. The summed E-state index contributed by atoms with van der Waals surface area (Å²) in [5.41, 5.74) is 3.14. The summed E-state index contributed by atoms with van der Waals surface area (Å²) >= 11 is 1.40. The second-order valence-corrected chi connectivity index (χ2v) is 6.44. The molecule has 0 saturated heterocycles. The Labute approximate surface area is 129 Å². The van der Waals surface area contributed by atoms with Gasteiger partial charge >= 0.3 is 0 Å². The fourth-order valence-electron chi connectivity index (χ4n) is 2.01. The van der Waals surface area contributed by atoms with E-state index in [-0.39, 0.29) is 11.9 Å². The molecule has 0 aromatic carbocycles. The first-order chi connectivity index (χ1) is 9.97. The van der Waals surface area contributed by atoms with Crippen molar-refractivity contribution < 1.29 is 4.79 Å². The first-order valence-electron chi connectivity index (χ1n) is 7.14. The van der Waals surface area contributed by atoms with Crippen molar-refractivity contribution in [1.82, 2.24) is 15.3 Å². The largest absolute Gasteiger partial charge is 0.347 e. The van der Waals surface area contributed by atoms with Gasteiger partial charge in [-0.1, -0.05) is 19.9 Å². The molecular formula is C16H21N3OS. The first kappa shape index (κ1) is 15.6. The van der Waals surface area contributed by atoms with E-state index < -0.39 is 0 Å². The molecule has 0 radical (unpaired) electrons. The van der Waals surface area contributed by atoms with Gasteiger partial charge in [0.25, 0.3) is 5.91 Å². The molecule has 0 bridgehead atoms. The lowest BCUT2D eigenvalue weighted by Crippen LogP contribution is -2.34. The minimum absolute atomic E-state index is 0.0255. The summed E-state index contributed by atoms with van der Waals surface area (Å²) in [6.07, 6.45) is 2.51. The summed E-state index contributed by atoms with van der Waals surface area (Å²) in [5.74, 6) is 0.240. The number of nitrogens with zero attached hydrogens (tertiary/aromatic N) is 2. The summed E-state index contributed by atoms with van der Waals surface area (Å²) in [6.45, 7) is 8.17. The van der Waals surface area contributed by atoms with Gasteiger partial charge in [0.1, 0.15) is 0 Å². The number of carbonyl (C=O) groups excluding carboxylic acids is 1. The van der Waals surface area contributed by atoms with Crippen LogP contribution in [0, 0.1) is 6.92 Å². The molecule has 0 aliphatic carbocycles. The number of aromatic nitrogens is 2. The Morgan fingerprint density at radius 3 is 2.76 bits per heavy atom. The predicted molar refractivity (Wildman–Crippen MR) is 85.8 cm³/mol. The normalized spacial score (nSPS) is 12.4. The highest BCUT2D eigenvalue weighted by molar-refractivity contribution is 7.11. The summed E-state index contributed by atoms with van der Waals surface area (Å²) in [7, 11) is 0. The molecule has 5 heteroatoms. The molecule has 0 aliphatic heterocycles. The van der Waals surface area contributed by atoms with Gasteiger partial charge < -0.3 is 5.32 Å². The molecule has 4 nitrogen and oxygen atoms in total. The van der Waals surface area contributed by atoms with E-state index in [4.69, 9.17) is 0 Å². The zero-order chi connectivity index (χ0) is 15.4. The zero-order valence-electron chi connectivity index (χ0n) is 12.9. The number of amides is 1. The molecule has 0 fully saturated rings. The van der Waals surface area contributed by atoms with E-state index in [0.29, 0.717) is 10.9 Å². The number of nitrogens with one attached hydrogen (secondary N) is 1. The van der Waals surface area contributed by atoms with Gasteiger partial charge in [0.15, 0.2) is 5.01 Å².